The maximum absolute atomic E-state index is 11.5. The number of benzene rings is 2. The number of aromatic amines is 1. The molecule has 1 aromatic heterocycles. The number of β-amino-alcohol motifs (C(OH)–C–C–N with tert-alkyl or cyclic N) is 1. The number of hydrogen-bond acceptors (Lipinski definition) is 5. The van der Waals surface area contributed by atoms with Crippen LogP contribution in [0.2, 0.25) is 0 Å². The average Bonchev–Trinajstić information content (AvgIpc) is 3.37. The number of nitrogens with one attached hydrogen (secondary N) is 3. The highest BCUT2D eigenvalue weighted by Gasteiger charge is 2.23. The number of hydrazine groups is 1. The topological polar surface area (TPSA) is 89.6 Å². The van der Waals surface area contributed by atoms with Gasteiger partial charge >= 0.3 is 0 Å². The fourth-order valence-electron chi connectivity index (χ4n) is 3.91. The third-order valence-electron chi connectivity index (χ3n) is 5.53. The SMILES string of the molecule is CC(C)(Cc1c[nH]c2ccccc12)NC[C@H](O)COc1ccccc1N1CCC(=O)N1. The van der Waals surface area contributed by atoms with Gasteiger partial charge in [0.1, 0.15) is 18.5 Å². The van der Waals surface area contributed by atoms with Crippen LogP contribution >= 0.6 is 0 Å². The Morgan fingerprint density at radius 3 is 2.77 bits per heavy atom. The molecule has 4 N–H and O–H groups in total. The van der Waals surface area contributed by atoms with E-state index in [2.05, 4.69) is 47.9 Å². The van der Waals surface area contributed by atoms with Gasteiger partial charge in [0.05, 0.1) is 5.69 Å². The largest absolute Gasteiger partial charge is 0.489 e. The van der Waals surface area contributed by atoms with E-state index in [0.29, 0.717) is 25.3 Å². The van der Waals surface area contributed by atoms with Crippen LogP contribution < -0.4 is 20.5 Å². The Labute approximate surface area is 182 Å². The monoisotopic (exact) mass is 422 g/mol. The molecule has 0 aliphatic carbocycles. The second kappa shape index (κ2) is 8.99. The maximum Gasteiger partial charge on any atom is 0.240 e. The van der Waals surface area contributed by atoms with Crippen LogP contribution in [0.4, 0.5) is 5.69 Å². The number of carbonyl (C=O) groups is 1. The maximum atomic E-state index is 11.5. The van der Waals surface area contributed by atoms with Gasteiger partial charge in [-0.15, -0.1) is 0 Å². The van der Waals surface area contributed by atoms with Crippen LogP contribution in [0, 0.1) is 0 Å². The molecule has 1 atom stereocenters. The van der Waals surface area contributed by atoms with Crippen LogP contribution in [0.15, 0.2) is 54.7 Å². The zero-order chi connectivity index (χ0) is 21.8. The van der Waals surface area contributed by atoms with Crippen LogP contribution in [0.1, 0.15) is 25.8 Å². The molecule has 0 unspecified atom stereocenters. The molecule has 7 nitrogen and oxygen atoms in total. The van der Waals surface area contributed by atoms with Crippen molar-refractivity contribution in [3.8, 4) is 5.75 Å². The summed E-state index contributed by atoms with van der Waals surface area (Å²) in [6.07, 6.45) is 2.69. The molecular weight excluding hydrogens is 392 g/mol. The second-order valence-electron chi connectivity index (χ2n) is 8.67. The first-order chi connectivity index (χ1) is 14.9. The van der Waals surface area contributed by atoms with Gasteiger partial charge in [-0.25, -0.2) is 0 Å². The summed E-state index contributed by atoms with van der Waals surface area (Å²) in [7, 11) is 0. The van der Waals surface area contributed by atoms with E-state index in [1.807, 2.05) is 36.4 Å². The number of aliphatic hydroxyl groups excluding tert-OH is 1. The van der Waals surface area contributed by atoms with Crippen molar-refractivity contribution in [3.05, 3.63) is 60.3 Å². The summed E-state index contributed by atoms with van der Waals surface area (Å²) in [5, 5.41) is 17.0. The molecular formula is C24H30N4O3. The fraction of sp³-hybridized carbons (Fsp3) is 0.375. The molecule has 0 saturated carbocycles. The van der Waals surface area contributed by atoms with Gasteiger partial charge in [-0.05, 0) is 44.0 Å². The van der Waals surface area contributed by atoms with Crippen molar-refractivity contribution in [2.24, 2.45) is 0 Å². The summed E-state index contributed by atoms with van der Waals surface area (Å²) in [5.41, 5.74) is 5.81. The molecule has 2 aromatic carbocycles. The lowest BCUT2D eigenvalue weighted by Gasteiger charge is -2.28. The van der Waals surface area contributed by atoms with E-state index in [1.165, 1.54) is 10.9 Å². The minimum absolute atomic E-state index is 0.00327. The highest BCUT2D eigenvalue weighted by atomic mass is 16.5. The Balaban J connectivity index is 1.30. The van der Waals surface area contributed by atoms with E-state index < -0.39 is 6.10 Å². The highest BCUT2D eigenvalue weighted by Crippen LogP contribution is 2.28. The molecule has 1 aliphatic rings. The van der Waals surface area contributed by atoms with Crippen LogP contribution in [0.5, 0.6) is 5.75 Å². The van der Waals surface area contributed by atoms with Gasteiger partial charge in [0.15, 0.2) is 0 Å². The minimum atomic E-state index is -0.663. The fourth-order valence-corrected chi connectivity index (χ4v) is 3.91. The Hall–Kier alpha value is -3.03. The van der Waals surface area contributed by atoms with Crippen molar-refractivity contribution >= 4 is 22.5 Å². The van der Waals surface area contributed by atoms with Crippen molar-refractivity contribution < 1.29 is 14.6 Å². The van der Waals surface area contributed by atoms with Gasteiger partial charge in [0.2, 0.25) is 5.91 Å². The zero-order valence-electron chi connectivity index (χ0n) is 18.0. The van der Waals surface area contributed by atoms with Crippen molar-refractivity contribution in [2.45, 2.75) is 38.3 Å². The van der Waals surface area contributed by atoms with Crippen molar-refractivity contribution in [1.82, 2.24) is 15.7 Å². The quantitative estimate of drug-likeness (QED) is 0.426. The smallest absolute Gasteiger partial charge is 0.240 e. The van der Waals surface area contributed by atoms with E-state index in [-0.39, 0.29) is 18.1 Å². The molecule has 7 heteroatoms. The molecule has 3 aromatic rings. The highest BCUT2D eigenvalue weighted by molar-refractivity contribution is 5.83. The van der Waals surface area contributed by atoms with Crippen molar-refractivity contribution in [1.29, 1.82) is 0 Å². The first-order valence-corrected chi connectivity index (χ1v) is 10.7. The molecule has 0 bridgehead atoms. The number of fused-ring (bicyclic) bond motifs is 1. The number of amides is 1. The average molecular weight is 423 g/mol. The molecule has 1 aliphatic heterocycles. The van der Waals surface area contributed by atoms with E-state index in [9.17, 15) is 9.90 Å². The zero-order valence-corrected chi connectivity index (χ0v) is 18.0. The van der Waals surface area contributed by atoms with Gasteiger partial charge in [-0.1, -0.05) is 30.3 Å². The van der Waals surface area contributed by atoms with Crippen LogP contribution in [0.3, 0.4) is 0 Å². The third-order valence-corrected chi connectivity index (χ3v) is 5.53. The second-order valence-corrected chi connectivity index (χ2v) is 8.67. The molecule has 0 spiro atoms. The van der Waals surface area contributed by atoms with E-state index in [1.54, 1.807) is 5.01 Å². The van der Waals surface area contributed by atoms with Crippen LogP contribution in [0.25, 0.3) is 10.9 Å². The Bertz CT molecular complexity index is 1050. The first-order valence-electron chi connectivity index (χ1n) is 10.7. The predicted octanol–water partition coefficient (Wildman–Crippen LogP) is 2.76. The molecule has 1 fully saturated rings. The van der Waals surface area contributed by atoms with Gasteiger partial charge in [0, 0.05) is 42.1 Å². The van der Waals surface area contributed by atoms with Gasteiger partial charge in [-0.2, -0.15) is 0 Å². The lowest BCUT2D eigenvalue weighted by molar-refractivity contribution is -0.119. The number of rotatable bonds is 9. The Morgan fingerprint density at radius 2 is 1.97 bits per heavy atom. The summed E-state index contributed by atoms with van der Waals surface area (Å²) in [4.78, 5) is 14.8. The normalized spacial score (nSPS) is 15.3. The minimum Gasteiger partial charge on any atom is -0.489 e. The van der Waals surface area contributed by atoms with Crippen LogP contribution in [-0.2, 0) is 11.2 Å². The number of aromatic nitrogens is 1. The van der Waals surface area contributed by atoms with Gasteiger partial charge < -0.3 is 20.1 Å². The molecule has 1 saturated heterocycles. The number of anilines is 1. The number of carbonyl (C=O) groups excluding carboxylic acids is 1. The summed E-state index contributed by atoms with van der Waals surface area (Å²) < 4.78 is 5.89. The lowest BCUT2D eigenvalue weighted by atomic mass is 9.94. The number of aliphatic hydroxyl groups is 1. The molecule has 0 radical (unpaired) electrons. The standard InChI is InChI=1S/C24H30N4O3/c1-24(2,13-17-14-25-20-8-4-3-7-19(17)20)26-15-18(29)16-31-22-10-6-5-9-21(22)28-12-11-23(30)27-28/h3-10,14,18,25-26,29H,11-13,15-16H2,1-2H3,(H,27,30)/t18-/m0/s1. The summed E-state index contributed by atoms with van der Waals surface area (Å²) in [6.45, 7) is 5.44. The van der Waals surface area contributed by atoms with Gasteiger partial charge in [0.25, 0.3) is 0 Å². The van der Waals surface area contributed by atoms with E-state index >= 15 is 0 Å². The summed E-state index contributed by atoms with van der Waals surface area (Å²) in [6, 6.07) is 15.8. The van der Waals surface area contributed by atoms with Crippen molar-refractivity contribution in [2.75, 3.05) is 24.7 Å². The molecule has 31 heavy (non-hydrogen) atoms. The summed E-state index contributed by atoms with van der Waals surface area (Å²) >= 11 is 0. The number of ether oxygens (including phenoxy) is 1. The molecule has 4 rings (SSSR count). The predicted molar refractivity (Wildman–Crippen MR) is 122 cm³/mol. The molecule has 1 amide bonds. The number of para-hydroxylation sites is 3. The molecule has 164 valence electrons. The third kappa shape index (κ3) is 5.18. The number of nitrogens with zero attached hydrogens (tertiary/aromatic N) is 1. The number of hydrogen-bond donors (Lipinski definition) is 4. The Morgan fingerprint density at radius 1 is 1.19 bits per heavy atom. The first kappa shape index (κ1) is 21.2. The molecule has 2 heterocycles. The Kier molecular flexibility index (Phi) is 6.15. The van der Waals surface area contributed by atoms with E-state index in [0.717, 1.165) is 17.6 Å². The van der Waals surface area contributed by atoms with Crippen molar-refractivity contribution in [3.63, 3.8) is 0 Å². The lowest BCUT2D eigenvalue weighted by Crippen LogP contribution is -2.46. The number of H-pyrrole nitrogens is 1. The van der Waals surface area contributed by atoms with Gasteiger partial charge in [-0.3, -0.25) is 15.2 Å². The van der Waals surface area contributed by atoms with E-state index in [4.69, 9.17) is 4.74 Å². The van der Waals surface area contributed by atoms with Crippen LogP contribution in [-0.4, -0.2) is 47.3 Å². The summed E-state index contributed by atoms with van der Waals surface area (Å²) in [5.74, 6) is 0.637.